The van der Waals surface area contributed by atoms with E-state index in [9.17, 15) is 9.59 Å². The Balaban J connectivity index is 1.49. The third kappa shape index (κ3) is 4.06. The summed E-state index contributed by atoms with van der Waals surface area (Å²) in [6.07, 6.45) is 2.60. The van der Waals surface area contributed by atoms with Gasteiger partial charge >= 0.3 is 0 Å². The number of hydrogen-bond acceptors (Lipinski definition) is 4. The molecular weight excluding hydrogens is 306 g/mol. The highest BCUT2D eigenvalue weighted by molar-refractivity contribution is 5.89. The summed E-state index contributed by atoms with van der Waals surface area (Å²) in [5, 5.41) is 2.91. The van der Waals surface area contributed by atoms with Crippen molar-refractivity contribution in [2.45, 2.75) is 31.8 Å². The summed E-state index contributed by atoms with van der Waals surface area (Å²) >= 11 is 0. The lowest BCUT2D eigenvalue weighted by Crippen LogP contribution is -2.41. The number of methoxy groups -OCH3 is 1. The number of ether oxygens (including phenoxy) is 1. The van der Waals surface area contributed by atoms with Crippen LogP contribution in [-0.4, -0.2) is 43.0 Å². The molecule has 2 aliphatic rings. The largest absolute Gasteiger partial charge is 0.497 e. The molecule has 3 rings (SSSR count). The van der Waals surface area contributed by atoms with Gasteiger partial charge in [0, 0.05) is 32.1 Å². The zero-order valence-electron chi connectivity index (χ0n) is 14.0. The van der Waals surface area contributed by atoms with Crippen molar-refractivity contribution in [1.82, 2.24) is 10.2 Å². The standard InChI is InChI=1S/C18H25N3O3/c1-24-15-6-2-12(3-7-15)10-21-11-14(8-17(21)22)18(23)20-9-16(19)13-4-5-13/h2-3,6-7,13-14,16H,4-5,8-11,19H2,1H3,(H,20,23). The van der Waals surface area contributed by atoms with Gasteiger partial charge in [-0.05, 0) is 36.5 Å². The number of likely N-dealkylation sites (tertiary alicyclic amines) is 1. The lowest BCUT2D eigenvalue weighted by atomic mass is 10.1. The molecule has 1 saturated heterocycles. The molecule has 0 aromatic heterocycles. The molecule has 1 aromatic rings. The van der Waals surface area contributed by atoms with Gasteiger partial charge in [-0.1, -0.05) is 12.1 Å². The van der Waals surface area contributed by atoms with Crippen LogP contribution >= 0.6 is 0 Å². The van der Waals surface area contributed by atoms with Crippen molar-refractivity contribution in [3.05, 3.63) is 29.8 Å². The Hall–Kier alpha value is -2.08. The van der Waals surface area contributed by atoms with Crippen LogP contribution in [0.5, 0.6) is 5.75 Å². The highest BCUT2D eigenvalue weighted by Gasteiger charge is 2.35. The predicted octanol–water partition coefficient (Wildman–Crippen LogP) is 0.897. The summed E-state index contributed by atoms with van der Waals surface area (Å²) in [6.45, 7) is 1.50. The molecule has 24 heavy (non-hydrogen) atoms. The average Bonchev–Trinajstić information content (AvgIpc) is 3.38. The molecule has 2 unspecified atom stereocenters. The number of nitrogens with two attached hydrogens (primary N) is 1. The summed E-state index contributed by atoms with van der Waals surface area (Å²) in [5.41, 5.74) is 7.03. The molecule has 1 aromatic carbocycles. The Morgan fingerprint density at radius 2 is 2.08 bits per heavy atom. The maximum absolute atomic E-state index is 12.3. The minimum absolute atomic E-state index is 0.0254. The molecule has 130 valence electrons. The number of hydrogen-bond donors (Lipinski definition) is 2. The molecule has 2 amide bonds. The first-order valence-electron chi connectivity index (χ1n) is 8.51. The van der Waals surface area contributed by atoms with Crippen LogP contribution in [0, 0.1) is 11.8 Å². The zero-order valence-corrected chi connectivity index (χ0v) is 14.0. The van der Waals surface area contributed by atoms with Gasteiger partial charge in [0.15, 0.2) is 0 Å². The van der Waals surface area contributed by atoms with E-state index in [0.29, 0.717) is 25.6 Å². The van der Waals surface area contributed by atoms with Crippen molar-refractivity contribution < 1.29 is 14.3 Å². The third-order valence-electron chi connectivity index (χ3n) is 4.86. The summed E-state index contributed by atoms with van der Waals surface area (Å²) < 4.78 is 5.13. The smallest absolute Gasteiger partial charge is 0.225 e. The normalized spacial score (nSPS) is 21.7. The van der Waals surface area contributed by atoms with Crippen LogP contribution in [0.4, 0.5) is 0 Å². The second-order valence-electron chi connectivity index (χ2n) is 6.77. The molecule has 0 radical (unpaired) electrons. The molecule has 0 bridgehead atoms. The van der Waals surface area contributed by atoms with E-state index in [-0.39, 0.29) is 30.2 Å². The quantitative estimate of drug-likeness (QED) is 0.777. The minimum Gasteiger partial charge on any atom is -0.497 e. The SMILES string of the molecule is COc1ccc(CN2CC(C(=O)NCC(N)C3CC3)CC2=O)cc1. The van der Waals surface area contributed by atoms with Gasteiger partial charge in [0.25, 0.3) is 0 Å². The van der Waals surface area contributed by atoms with Gasteiger partial charge in [-0.25, -0.2) is 0 Å². The maximum atomic E-state index is 12.3. The molecule has 1 aliphatic heterocycles. The number of carbonyl (C=O) groups is 2. The second kappa shape index (κ2) is 7.21. The van der Waals surface area contributed by atoms with Crippen molar-refractivity contribution in [2.75, 3.05) is 20.2 Å². The van der Waals surface area contributed by atoms with E-state index in [1.807, 2.05) is 24.3 Å². The molecule has 1 heterocycles. The molecule has 6 nitrogen and oxygen atoms in total. The van der Waals surface area contributed by atoms with Gasteiger partial charge in [-0.15, -0.1) is 0 Å². The van der Waals surface area contributed by atoms with Crippen LogP contribution in [0.1, 0.15) is 24.8 Å². The first-order valence-corrected chi connectivity index (χ1v) is 8.51. The molecule has 0 spiro atoms. The fourth-order valence-electron chi connectivity index (χ4n) is 3.11. The molecular formula is C18H25N3O3. The Labute approximate surface area is 142 Å². The van der Waals surface area contributed by atoms with Crippen LogP contribution in [0.3, 0.4) is 0 Å². The Kier molecular flexibility index (Phi) is 5.04. The third-order valence-corrected chi connectivity index (χ3v) is 4.86. The predicted molar refractivity (Wildman–Crippen MR) is 90.2 cm³/mol. The van der Waals surface area contributed by atoms with Crippen molar-refractivity contribution in [3.63, 3.8) is 0 Å². The van der Waals surface area contributed by atoms with Crippen LogP contribution < -0.4 is 15.8 Å². The zero-order chi connectivity index (χ0) is 17.1. The highest BCUT2D eigenvalue weighted by Crippen LogP contribution is 2.31. The van der Waals surface area contributed by atoms with Crippen LogP contribution in [-0.2, 0) is 16.1 Å². The van der Waals surface area contributed by atoms with Gasteiger partial charge in [0.05, 0.1) is 13.0 Å². The molecule has 2 fully saturated rings. The van der Waals surface area contributed by atoms with E-state index < -0.39 is 0 Å². The van der Waals surface area contributed by atoms with Gasteiger partial charge in [0.2, 0.25) is 11.8 Å². The molecule has 1 aliphatic carbocycles. The fourth-order valence-corrected chi connectivity index (χ4v) is 3.11. The van der Waals surface area contributed by atoms with Gasteiger partial charge < -0.3 is 20.7 Å². The monoisotopic (exact) mass is 331 g/mol. The summed E-state index contributed by atoms with van der Waals surface area (Å²) in [4.78, 5) is 26.2. The average molecular weight is 331 g/mol. The van der Waals surface area contributed by atoms with Crippen molar-refractivity contribution in [2.24, 2.45) is 17.6 Å². The van der Waals surface area contributed by atoms with Crippen molar-refractivity contribution >= 4 is 11.8 Å². The van der Waals surface area contributed by atoms with Crippen LogP contribution in [0.2, 0.25) is 0 Å². The topological polar surface area (TPSA) is 84.7 Å². The van der Waals surface area contributed by atoms with Gasteiger partial charge in [-0.2, -0.15) is 0 Å². The van der Waals surface area contributed by atoms with Crippen molar-refractivity contribution in [3.8, 4) is 5.75 Å². The summed E-state index contributed by atoms with van der Waals surface area (Å²) in [6, 6.07) is 7.67. The van der Waals surface area contributed by atoms with E-state index in [4.69, 9.17) is 10.5 Å². The highest BCUT2D eigenvalue weighted by atomic mass is 16.5. The molecule has 1 saturated carbocycles. The molecule has 3 N–H and O–H groups in total. The minimum atomic E-state index is -0.276. The number of rotatable bonds is 7. The summed E-state index contributed by atoms with van der Waals surface area (Å²) in [5.74, 6) is 1.04. The first-order chi connectivity index (χ1) is 11.6. The fraction of sp³-hybridized carbons (Fsp3) is 0.556. The van der Waals surface area contributed by atoms with E-state index in [0.717, 1.165) is 24.2 Å². The van der Waals surface area contributed by atoms with E-state index >= 15 is 0 Å². The lowest BCUT2D eigenvalue weighted by Gasteiger charge is -2.17. The van der Waals surface area contributed by atoms with Crippen molar-refractivity contribution in [1.29, 1.82) is 0 Å². The number of carbonyl (C=O) groups excluding carboxylic acids is 2. The number of nitrogens with one attached hydrogen (secondary N) is 1. The van der Waals surface area contributed by atoms with E-state index in [1.165, 1.54) is 0 Å². The van der Waals surface area contributed by atoms with Crippen LogP contribution in [0.15, 0.2) is 24.3 Å². The van der Waals surface area contributed by atoms with Gasteiger partial charge in [0.1, 0.15) is 5.75 Å². The summed E-state index contributed by atoms with van der Waals surface area (Å²) in [7, 11) is 1.62. The Morgan fingerprint density at radius 3 is 2.71 bits per heavy atom. The number of amides is 2. The molecule has 2 atom stereocenters. The first kappa shape index (κ1) is 16.8. The Bertz CT molecular complexity index is 598. The molecule has 6 heteroatoms. The number of benzene rings is 1. The van der Waals surface area contributed by atoms with E-state index in [1.54, 1.807) is 12.0 Å². The van der Waals surface area contributed by atoms with Crippen LogP contribution in [0.25, 0.3) is 0 Å². The number of nitrogens with zero attached hydrogens (tertiary/aromatic N) is 1. The second-order valence-corrected chi connectivity index (χ2v) is 6.77. The maximum Gasteiger partial charge on any atom is 0.225 e. The lowest BCUT2D eigenvalue weighted by molar-refractivity contribution is -0.129. The van der Waals surface area contributed by atoms with E-state index in [2.05, 4.69) is 5.32 Å². The van der Waals surface area contributed by atoms with Gasteiger partial charge in [-0.3, -0.25) is 9.59 Å². The Morgan fingerprint density at radius 1 is 1.38 bits per heavy atom.